The quantitative estimate of drug-likeness (QED) is 0.817. The van der Waals surface area contributed by atoms with Gasteiger partial charge in [0.05, 0.1) is 11.8 Å². The van der Waals surface area contributed by atoms with Gasteiger partial charge in [0.2, 0.25) is 5.91 Å². The molecular formula is C16H18FNO3. The van der Waals surface area contributed by atoms with Crippen molar-refractivity contribution in [1.82, 2.24) is 5.32 Å². The summed E-state index contributed by atoms with van der Waals surface area (Å²) in [6.07, 6.45) is 5.00. The number of allylic oxidation sites excluding steroid dienone is 2. The van der Waals surface area contributed by atoms with Crippen molar-refractivity contribution in [3.63, 3.8) is 0 Å². The van der Waals surface area contributed by atoms with Gasteiger partial charge in [-0.3, -0.25) is 9.59 Å². The zero-order valence-corrected chi connectivity index (χ0v) is 11.6. The molecule has 0 spiro atoms. The van der Waals surface area contributed by atoms with E-state index in [-0.39, 0.29) is 11.7 Å². The minimum Gasteiger partial charge on any atom is -0.481 e. The van der Waals surface area contributed by atoms with E-state index in [4.69, 9.17) is 5.11 Å². The molecule has 1 amide bonds. The van der Waals surface area contributed by atoms with Gasteiger partial charge in [0.25, 0.3) is 0 Å². The molecule has 0 saturated heterocycles. The third-order valence-electron chi connectivity index (χ3n) is 3.69. The number of nitrogens with one attached hydrogen (secondary N) is 1. The molecule has 0 aliphatic heterocycles. The number of amides is 1. The summed E-state index contributed by atoms with van der Waals surface area (Å²) in [5.74, 6) is -2.68. The number of hydrogen-bond donors (Lipinski definition) is 2. The van der Waals surface area contributed by atoms with Crippen LogP contribution in [0.2, 0.25) is 0 Å². The highest BCUT2D eigenvalue weighted by Crippen LogP contribution is 2.25. The number of aliphatic carboxylic acids is 1. The number of carboxylic acid groups (broad SMARTS) is 1. The molecule has 2 N–H and O–H groups in total. The number of rotatable bonds is 5. The summed E-state index contributed by atoms with van der Waals surface area (Å²) >= 11 is 0. The molecule has 0 radical (unpaired) electrons. The summed E-state index contributed by atoms with van der Waals surface area (Å²) in [6.45, 7) is 0.370. The van der Waals surface area contributed by atoms with Gasteiger partial charge in [-0.25, -0.2) is 4.39 Å². The fraction of sp³-hybridized carbons (Fsp3) is 0.375. The molecular weight excluding hydrogens is 273 g/mol. The summed E-state index contributed by atoms with van der Waals surface area (Å²) in [7, 11) is 0. The van der Waals surface area contributed by atoms with Gasteiger partial charge in [0, 0.05) is 6.54 Å². The minimum atomic E-state index is -0.940. The summed E-state index contributed by atoms with van der Waals surface area (Å²) in [6, 6.07) is 6.21. The molecule has 1 aromatic rings. The number of hydrogen-bond acceptors (Lipinski definition) is 2. The number of benzene rings is 1. The Bertz CT molecular complexity index is 556. The van der Waals surface area contributed by atoms with Crippen molar-refractivity contribution in [3.8, 4) is 0 Å². The Labute approximate surface area is 122 Å². The second-order valence-corrected chi connectivity index (χ2v) is 5.16. The first-order valence-corrected chi connectivity index (χ1v) is 6.98. The maximum atomic E-state index is 13.0. The van der Waals surface area contributed by atoms with Crippen LogP contribution in [0.5, 0.6) is 0 Å². The molecule has 0 bridgehead atoms. The number of carbonyl (C=O) groups excluding carboxylic acids is 1. The lowest BCUT2D eigenvalue weighted by atomic mass is 9.82. The number of halogens is 1. The fourth-order valence-electron chi connectivity index (χ4n) is 2.53. The van der Waals surface area contributed by atoms with Crippen molar-refractivity contribution < 1.29 is 19.1 Å². The first kappa shape index (κ1) is 15.2. The summed E-state index contributed by atoms with van der Waals surface area (Å²) in [5, 5.41) is 11.9. The predicted octanol–water partition coefficient (Wildman–Crippen LogP) is 2.15. The van der Waals surface area contributed by atoms with Crippen molar-refractivity contribution >= 4 is 11.9 Å². The van der Waals surface area contributed by atoms with Gasteiger partial charge >= 0.3 is 5.97 Å². The molecule has 112 valence electrons. The lowest BCUT2D eigenvalue weighted by molar-refractivity contribution is -0.147. The normalized spacial score (nSPS) is 21.0. The largest absolute Gasteiger partial charge is 0.481 e. The molecule has 5 heteroatoms. The van der Waals surface area contributed by atoms with E-state index in [1.54, 1.807) is 18.2 Å². The van der Waals surface area contributed by atoms with E-state index in [0.29, 0.717) is 25.8 Å². The van der Waals surface area contributed by atoms with Gasteiger partial charge in [-0.15, -0.1) is 0 Å². The average Bonchev–Trinajstić information content (AvgIpc) is 2.47. The first-order valence-electron chi connectivity index (χ1n) is 6.98. The average molecular weight is 291 g/mol. The molecule has 0 aromatic heterocycles. The van der Waals surface area contributed by atoms with E-state index < -0.39 is 17.8 Å². The first-order chi connectivity index (χ1) is 10.1. The highest BCUT2D eigenvalue weighted by molar-refractivity contribution is 5.85. The SMILES string of the molecule is O=C(O)C1CC=CCC1C(=O)NCCc1cccc(F)c1. The van der Waals surface area contributed by atoms with E-state index in [1.807, 2.05) is 6.08 Å². The molecule has 2 rings (SSSR count). The van der Waals surface area contributed by atoms with E-state index in [0.717, 1.165) is 5.56 Å². The van der Waals surface area contributed by atoms with Crippen LogP contribution in [-0.4, -0.2) is 23.5 Å². The molecule has 1 aromatic carbocycles. The Morgan fingerprint density at radius 1 is 1.24 bits per heavy atom. The van der Waals surface area contributed by atoms with E-state index in [9.17, 15) is 14.0 Å². The topological polar surface area (TPSA) is 66.4 Å². The molecule has 1 aliphatic carbocycles. The van der Waals surface area contributed by atoms with Gasteiger partial charge in [0.1, 0.15) is 5.82 Å². The molecule has 0 fully saturated rings. The molecule has 2 atom stereocenters. The van der Waals surface area contributed by atoms with Crippen LogP contribution in [0.15, 0.2) is 36.4 Å². The Kier molecular flexibility index (Phi) is 5.09. The Morgan fingerprint density at radius 3 is 2.62 bits per heavy atom. The molecule has 0 saturated carbocycles. The standard InChI is InChI=1S/C16H18FNO3/c17-12-5-3-4-11(10-12)8-9-18-15(19)13-6-1-2-7-14(13)16(20)21/h1-5,10,13-14H,6-9H2,(H,18,19)(H,20,21). The van der Waals surface area contributed by atoms with Crippen molar-refractivity contribution in [2.75, 3.05) is 6.54 Å². The third-order valence-corrected chi connectivity index (χ3v) is 3.69. The van der Waals surface area contributed by atoms with Crippen LogP contribution in [0.1, 0.15) is 18.4 Å². The summed E-state index contributed by atoms with van der Waals surface area (Å²) < 4.78 is 13.0. The molecule has 21 heavy (non-hydrogen) atoms. The molecule has 1 aliphatic rings. The number of carboxylic acids is 1. The van der Waals surface area contributed by atoms with Crippen LogP contribution >= 0.6 is 0 Å². The maximum Gasteiger partial charge on any atom is 0.307 e. The van der Waals surface area contributed by atoms with Crippen molar-refractivity contribution in [3.05, 3.63) is 47.8 Å². The highest BCUT2D eigenvalue weighted by Gasteiger charge is 2.33. The second kappa shape index (κ2) is 7.02. The molecule has 4 nitrogen and oxygen atoms in total. The van der Waals surface area contributed by atoms with E-state index >= 15 is 0 Å². The van der Waals surface area contributed by atoms with E-state index in [1.165, 1.54) is 12.1 Å². The van der Waals surface area contributed by atoms with Crippen LogP contribution in [-0.2, 0) is 16.0 Å². The van der Waals surface area contributed by atoms with Crippen molar-refractivity contribution in [2.24, 2.45) is 11.8 Å². The van der Waals surface area contributed by atoms with Gasteiger partial charge in [-0.2, -0.15) is 0 Å². The van der Waals surface area contributed by atoms with Crippen molar-refractivity contribution in [2.45, 2.75) is 19.3 Å². The maximum absolute atomic E-state index is 13.0. The minimum absolute atomic E-state index is 0.247. The highest BCUT2D eigenvalue weighted by atomic mass is 19.1. The lowest BCUT2D eigenvalue weighted by Crippen LogP contribution is -2.39. The zero-order chi connectivity index (χ0) is 15.2. The van der Waals surface area contributed by atoms with Gasteiger partial charge in [0.15, 0.2) is 0 Å². The zero-order valence-electron chi connectivity index (χ0n) is 11.6. The second-order valence-electron chi connectivity index (χ2n) is 5.16. The van der Waals surface area contributed by atoms with Crippen LogP contribution in [0.3, 0.4) is 0 Å². The Balaban J connectivity index is 1.86. The van der Waals surface area contributed by atoms with Gasteiger partial charge in [-0.1, -0.05) is 24.3 Å². The summed E-state index contributed by atoms with van der Waals surface area (Å²) in [4.78, 5) is 23.2. The number of carbonyl (C=O) groups is 2. The van der Waals surface area contributed by atoms with Crippen LogP contribution in [0.25, 0.3) is 0 Å². The van der Waals surface area contributed by atoms with Gasteiger partial charge in [-0.05, 0) is 37.0 Å². The molecule has 0 heterocycles. The van der Waals surface area contributed by atoms with Crippen LogP contribution in [0.4, 0.5) is 4.39 Å². The van der Waals surface area contributed by atoms with Gasteiger partial charge < -0.3 is 10.4 Å². The summed E-state index contributed by atoms with van der Waals surface area (Å²) in [5.41, 5.74) is 0.800. The van der Waals surface area contributed by atoms with Crippen molar-refractivity contribution in [1.29, 1.82) is 0 Å². The van der Waals surface area contributed by atoms with Crippen LogP contribution < -0.4 is 5.32 Å². The molecule has 2 unspecified atom stereocenters. The lowest BCUT2D eigenvalue weighted by Gasteiger charge is -2.24. The predicted molar refractivity (Wildman–Crippen MR) is 76.1 cm³/mol. The fourth-order valence-corrected chi connectivity index (χ4v) is 2.53. The van der Waals surface area contributed by atoms with E-state index in [2.05, 4.69) is 5.32 Å². The van der Waals surface area contributed by atoms with Crippen LogP contribution in [0, 0.1) is 17.7 Å². The smallest absolute Gasteiger partial charge is 0.307 e. The third kappa shape index (κ3) is 4.15. The Morgan fingerprint density at radius 2 is 1.95 bits per heavy atom. The monoisotopic (exact) mass is 291 g/mol. The Hall–Kier alpha value is -2.17.